The fourth-order valence-electron chi connectivity index (χ4n) is 3.96. The molecule has 3 heterocycles. The van der Waals surface area contributed by atoms with Gasteiger partial charge in [-0.15, -0.1) is 0 Å². The summed E-state index contributed by atoms with van der Waals surface area (Å²) in [7, 11) is 0. The largest absolute Gasteiger partial charge is 0.318 e. The first kappa shape index (κ1) is 21.4. The maximum atomic E-state index is 12.9. The van der Waals surface area contributed by atoms with Crippen LogP contribution in [0.5, 0.6) is 0 Å². The third-order valence-corrected chi connectivity index (χ3v) is 6.78. The molecule has 2 aliphatic rings. The Balaban J connectivity index is 1.51. The SMILES string of the molecule is Cc1cccc(C2=NN3C(=N)/C(=C\c4cc(C)n(-c5ccc(Cl)cc5)c4C)C(=O)N=C3S2)c1. The molecule has 0 aliphatic carbocycles. The average Bonchev–Trinajstić information content (AvgIpc) is 3.33. The van der Waals surface area contributed by atoms with Crippen LogP contribution in [0.25, 0.3) is 11.8 Å². The normalized spacial score (nSPS) is 16.8. The van der Waals surface area contributed by atoms with Crippen LogP contribution in [0.15, 0.2) is 70.3 Å². The molecular formula is C25H20ClN5OS. The molecule has 0 unspecified atom stereocenters. The second kappa shape index (κ2) is 8.17. The van der Waals surface area contributed by atoms with E-state index in [1.807, 2.05) is 75.4 Å². The van der Waals surface area contributed by atoms with Crippen molar-refractivity contribution in [3.63, 3.8) is 0 Å². The van der Waals surface area contributed by atoms with Gasteiger partial charge in [-0.1, -0.05) is 35.4 Å². The first-order chi connectivity index (χ1) is 15.8. The van der Waals surface area contributed by atoms with E-state index in [1.54, 1.807) is 6.08 Å². The lowest BCUT2D eigenvalue weighted by molar-refractivity contribution is -0.114. The molecule has 0 atom stereocenters. The number of nitrogens with one attached hydrogen (secondary N) is 1. The molecule has 2 aromatic carbocycles. The maximum absolute atomic E-state index is 12.9. The number of carbonyl (C=O) groups is 1. The highest BCUT2D eigenvalue weighted by atomic mass is 35.5. The molecular weight excluding hydrogens is 454 g/mol. The Kier molecular flexibility index (Phi) is 5.31. The topological polar surface area (TPSA) is 73.8 Å². The Morgan fingerprint density at radius 3 is 2.55 bits per heavy atom. The minimum absolute atomic E-state index is 0.0245. The minimum atomic E-state index is -0.435. The number of thioether (sulfide) groups is 1. The summed E-state index contributed by atoms with van der Waals surface area (Å²) in [5, 5.41) is 16.5. The van der Waals surface area contributed by atoms with Crippen LogP contribution in [-0.2, 0) is 4.79 Å². The van der Waals surface area contributed by atoms with Gasteiger partial charge in [0.2, 0.25) is 5.17 Å². The third kappa shape index (κ3) is 3.83. The van der Waals surface area contributed by atoms with Crippen LogP contribution in [0.3, 0.4) is 0 Å². The van der Waals surface area contributed by atoms with Crippen molar-refractivity contribution in [2.45, 2.75) is 20.8 Å². The van der Waals surface area contributed by atoms with E-state index in [4.69, 9.17) is 17.0 Å². The van der Waals surface area contributed by atoms with Crippen molar-refractivity contribution in [3.05, 3.63) is 93.3 Å². The van der Waals surface area contributed by atoms with Crippen molar-refractivity contribution < 1.29 is 4.79 Å². The Labute approximate surface area is 200 Å². The van der Waals surface area contributed by atoms with Crippen LogP contribution in [0.4, 0.5) is 0 Å². The predicted octanol–water partition coefficient (Wildman–Crippen LogP) is 5.72. The molecule has 0 spiro atoms. The highest BCUT2D eigenvalue weighted by Crippen LogP contribution is 2.32. The zero-order chi connectivity index (χ0) is 23.3. The first-order valence-corrected chi connectivity index (χ1v) is 11.5. The van der Waals surface area contributed by atoms with E-state index in [0.29, 0.717) is 10.2 Å². The highest BCUT2D eigenvalue weighted by Gasteiger charge is 2.36. The molecule has 0 fully saturated rings. The molecule has 1 aromatic heterocycles. The van der Waals surface area contributed by atoms with E-state index in [9.17, 15) is 4.79 Å². The van der Waals surface area contributed by atoms with Gasteiger partial charge in [0.05, 0.1) is 5.57 Å². The molecule has 164 valence electrons. The second-order valence-corrected chi connectivity index (χ2v) is 9.33. The molecule has 0 saturated heterocycles. The molecule has 0 bridgehead atoms. The van der Waals surface area contributed by atoms with Gasteiger partial charge in [-0.2, -0.15) is 15.1 Å². The number of carbonyl (C=O) groups excluding carboxylic acids is 1. The number of amidine groups is 2. The van der Waals surface area contributed by atoms with E-state index in [0.717, 1.165) is 38.8 Å². The number of hydrazone groups is 1. The average molecular weight is 474 g/mol. The van der Waals surface area contributed by atoms with E-state index < -0.39 is 5.91 Å². The quantitative estimate of drug-likeness (QED) is 0.494. The van der Waals surface area contributed by atoms with Crippen molar-refractivity contribution in [2.75, 3.05) is 0 Å². The molecule has 33 heavy (non-hydrogen) atoms. The number of aryl methyl sites for hydroxylation is 2. The van der Waals surface area contributed by atoms with Gasteiger partial charge in [0.15, 0.2) is 5.84 Å². The number of hydrogen-bond donors (Lipinski definition) is 1. The lowest BCUT2D eigenvalue weighted by atomic mass is 10.1. The lowest BCUT2D eigenvalue weighted by Gasteiger charge is -2.20. The van der Waals surface area contributed by atoms with Gasteiger partial charge in [-0.25, -0.2) is 0 Å². The van der Waals surface area contributed by atoms with Gasteiger partial charge in [0.25, 0.3) is 5.91 Å². The van der Waals surface area contributed by atoms with Crippen LogP contribution in [0.1, 0.15) is 28.1 Å². The molecule has 6 nitrogen and oxygen atoms in total. The van der Waals surface area contributed by atoms with E-state index in [1.165, 1.54) is 16.8 Å². The summed E-state index contributed by atoms with van der Waals surface area (Å²) >= 11 is 7.34. The van der Waals surface area contributed by atoms with Gasteiger partial charge in [0, 0.05) is 27.7 Å². The van der Waals surface area contributed by atoms with Crippen molar-refractivity contribution in [1.82, 2.24) is 9.58 Å². The molecule has 0 radical (unpaired) electrons. The number of halogens is 1. The van der Waals surface area contributed by atoms with Crippen LogP contribution in [0, 0.1) is 26.2 Å². The van der Waals surface area contributed by atoms with Gasteiger partial charge >= 0.3 is 0 Å². The number of nitrogens with zero attached hydrogens (tertiary/aromatic N) is 4. The molecule has 3 aromatic rings. The zero-order valence-electron chi connectivity index (χ0n) is 18.3. The van der Waals surface area contributed by atoms with Crippen LogP contribution >= 0.6 is 23.4 Å². The summed E-state index contributed by atoms with van der Waals surface area (Å²) in [5.41, 5.74) is 6.07. The van der Waals surface area contributed by atoms with Gasteiger partial charge < -0.3 is 4.57 Å². The molecule has 0 saturated carbocycles. The Morgan fingerprint density at radius 2 is 1.82 bits per heavy atom. The Bertz CT molecular complexity index is 1420. The fraction of sp³-hybridized carbons (Fsp3) is 0.120. The summed E-state index contributed by atoms with van der Waals surface area (Å²) in [5.74, 6) is -0.410. The predicted molar refractivity (Wildman–Crippen MR) is 136 cm³/mol. The smallest absolute Gasteiger partial charge is 0.283 e. The molecule has 5 rings (SSSR count). The Hall–Kier alpha value is -3.42. The van der Waals surface area contributed by atoms with Crippen molar-refractivity contribution >= 4 is 51.4 Å². The summed E-state index contributed by atoms with van der Waals surface area (Å²) < 4.78 is 2.09. The second-order valence-electron chi connectivity index (χ2n) is 7.93. The van der Waals surface area contributed by atoms with E-state index in [2.05, 4.69) is 14.7 Å². The highest BCUT2D eigenvalue weighted by molar-refractivity contribution is 8.27. The van der Waals surface area contributed by atoms with E-state index in [-0.39, 0.29) is 11.4 Å². The van der Waals surface area contributed by atoms with Crippen LogP contribution < -0.4 is 0 Å². The lowest BCUT2D eigenvalue weighted by Crippen LogP contribution is -2.35. The van der Waals surface area contributed by atoms with Crippen LogP contribution in [-0.4, -0.2) is 31.5 Å². The number of hydrogen-bond acceptors (Lipinski definition) is 4. The standard InChI is InChI=1S/C25H20ClN5OS/c1-14-5-4-6-17(11-14)24-29-31-22(27)21(23(32)28-25(31)33-24)13-18-12-15(2)30(16(18)3)20-9-7-19(26)8-10-20/h4-13,27H,1-3H3/b21-13+,27-22?. The summed E-state index contributed by atoms with van der Waals surface area (Å²) in [6.45, 7) is 6.00. The van der Waals surface area contributed by atoms with Crippen molar-refractivity contribution in [3.8, 4) is 5.69 Å². The number of aliphatic imine (C=N–C) groups is 1. The van der Waals surface area contributed by atoms with Gasteiger partial charge in [0.1, 0.15) is 5.04 Å². The molecule has 8 heteroatoms. The number of amides is 1. The third-order valence-electron chi connectivity index (χ3n) is 5.57. The number of benzene rings is 2. The molecule has 2 aliphatic heterocycles. The number of rotatable bonds is 3. The van der Waals surface area contributed by atoms with Crippen LogP contribution in [0.2, 0.25) is 5.02 Å². The minimum Gasteiger partial charge on any atom is -0.318 e. The summed E-state index contributed by atoms with van der Waals surface area (Å²) in [6.07, 6.45) is 1.73. The summed E-state index contributed by atoms with van der Waals surface area (Å²) in [4.78, 5) is 17.1. The van der Waals surface area contributed by atoms with Crippen molar-refractivity contribution in [1.29, 1.82) is 5.41 Å². The monoisotopic (exact) mass is 473 g/mol. The molecule has 1 amide bonds. The first-order valence-electron chi connectivity index (χ1n) is 10.3. The number of aromatic nitrogens is 1. The molecule has 1 N–H and O–H groups in total. The Morgan fingerprint density at radius 1 is 1.06 bits per heavy atom. The fourth-order valence-corrected chi connectivity index (χ4v) is 4.98. The van der Waals surface area contributed by atoms with Gasteiger partial charge in [-0.3, -0.25) is 10.2 Å². The zero-order valence-corrected chi connectivity index (χ0v) is 19.8. The van der Waals surface area contributed by atoms with Crippen molar-refractivity contribution in [2.24, 2.45) is 10.1 Å². The van der Waals surface area contributed by atoms with Gasteiger partial charge in [-0.05, 0) is 80.6 Å². The number of fused-ring (bicyclic) bond motifs is 1. The van der Waals surface area contributed by atoms with E-state index >= 15 is 0 Å². The maximum Gasteiger partial charge on any atom is 0.283 e. The summed E-state index contributed by atoms with van der Waals surface area (Å²) in [6, 6.07) is 17.6.